The molecule has 0 saturated heterocycles. The Morgan fingerprint density at radius 3 is 2.33 bits per heavy atom. The zero-order valence-electron chi connectivity index (χ0n) is 8.55. The Labute approximate surface area is 88.3 Å². The van der Waals surface area contributed by atoms with Gasteiger partial charge in [0.2, 0.25) is 0 Å². The van der Waals surface area contributed by atoms with Crippen molar-refractivity contribution in [3.05, 3.63) is 35.4 Å². The number of benzene rings is 1. The smallest absolute Gasteiger partial charge is 0.129 e. The predicted molar refractivity (Wildman–Crippen MR) is 55.5 cm³/mol. The lowest BCUT2D eigenvalue weighted by molar-refractivity contribution is 0.386. The Hall–Kier alpha value is -0.960. The number of halogens is 2. The summed E-state index contributed by atoms with van der Waals surface area (Å²) in [6.45, 7) is 0. The molecule has 0 spiro atoms. The first-order chi connectivity index (χ1) is 7.16. The molecule has 82 valence electrons. The van der Waals surface area contributed by atoms with Gasteiger partial charge in [-0.3, -0.25) is 0 Å². The minimum Gasteiger partial charge on any atom is -0.328 e. The van der Waals surface area contributed by atoms with Crippen LogP contribution in [-0.4, -0.2) is 6.04 Å². The molecule has 0 amide bonds. The van der Waals surface area contributed by atoms with Crippen molar-refractivity contribution in [1.29, 1.82) is 0 Å². The van der Waals surface area contributed by atoms with Crippen LogP contribution in [0.15, 0.2) is 18.2 Å². The van der Waals surface area contributed by atoms with Crippen molar-refractivity contribution in [2.45, 2.75) is 37.6 Å². The summed E-state index contributed by atoms with van der Waals surface area (Å²) in [5.74, 6) is -0.718. The van der Waals surface area contributed by atoms with Gasteiger partial charge in [-0.2, -0.15) is 0 Å². The molecule has 1 aromatic rings. The number of rotatable bonds is 1. The van der Waals surface area contributed by atoms with Crippen molar-refractivity contribution >= 4 is 0 Å². The molecule has 1 saturated carbocycles. The van der Waals surface area contributed by atoms with Crippen molar-refractivity contribution in [3.63, 3.8) is 0 Å². The molecule has 15 heavy (non-hydrogen) atoms. The summed E-state index contributed by atoms with van der Waals surface area (Å²) >= 11 is 0. The maximum atomic E-state index is 13.5. The summed E-state index contributed by atoms with van der Waals surface area (Å²) < 4.78 is 26.2. The van der Waals surface area contributed by atoms with Crippen LogP contribution in [0.25, 0.3) is 0 Å². The molecular weight excluding hydrogens is 196 g/mol. The zero-order chi connectivity index (χ0) is 10.8. The molecule has 0 atom stereocenters. The molecule has 1 aliphatic rings. The highest BCUT2D eigenvalue weighted by molar-refractivity contribution is 5.23. The molecule has 0 aromatic heterocycles. The Bertz CT molecular complexity index is 343. The van der Waals surface area contributed by atoms with Crippen molar-refractivity contribution in [2.75, 3.05) is 0 Å². The van der Waals surface area contributed by atoms with E-state index in [0.29, 0.717) is 5.56 Å². The van der Waals surface area contributed by atoms with Gasteiger partial charge in [0.1, 0.15) is 11.6 Å². The fraction of sp³-hybridized carbons (Fsp3) is 0.500. The van der Waals surface area contributed by atoms with Crippen LogP contribution in [0.3, 0.4) is 0 Å². The summed E-state index contributed by atoms with van der Waals surface area (Å²) in [6, 6.07) is 4.10. The van der Waals surface area contributed by atoms with E-state index < -0.39 is 11.6 Å². The summed E-state index contributed by atoms with van der Waals surface area (Å²) in [7, 11) is 0. The van der Waals surface area contributed by atoms with Gasteiger partial charge >= 0.3 is 0 Å². The van der Waals surface area contributed by atoms with Crippen molar-refractivity contribution in [2.24, 2.45) is 5.73 Å². The molecule has 0 heterocycles. The molecule has 0 radical (unpaired) electrons. The monoisotopic (exact) mass is 211 g/mol. The highest BCUT2D eigenvalue weighted by atomic mass is 19.1. The quantitative estimate of drug-likeness (QED) is 0.759. The maximum Gasteiger partial charge on any atom is 0.129 e. The lowest BCUT2D eigenvalue weighted by Gasteiger charge is -2.26. The number of hydrogen-bond donors (Lipinski definition) is 1. The minimum atomic E-state index is -0.510. The number of nitrogens with two attached hydrogens (primary N) is 1. The summed E-state index contributed by atoms with van der Waals surface area (Å²) in [5.41, 5.74) is 6.43. The Balaban J connectivity index is 2.15. The van der Waals surface area contributed by atoms with E-state index >= 15 is 0 Å². The van der Waals surface area contributed by atoms with E-state index in [1.165, 1.54) is 6.07 Å². The SMILES string of the molecule is N[C@H]1CC[C@H](c2ccc(F)cc2F)CC1. The van der Waals surface area contributed by atoms with Crippen molar-refractivity contribution < 1.29 is 8.78 Å². The van der Waals surface area contributed by atoms with Crippen LogP contribution in [0.1, 0.15) is 37.2 Å². The van der Waals surface area contributed by atoms with Crippen LogP contribution >= 0.6 is 0 Å². The average molecular weight is 211 g/mol. The predicted octanol–water partition coefficient (Wildman–Crippen LogP) is 2.95. The molecule has 2 N–H and O–H groups in total. The van der Waals surface area contributed by atoms with Crippen LogP contribution in [0, 0.1) is 11.6 Å². The second-order valence-electron chi connectivity index (χ2n) is 4.28. The Kier molecular flexibility index (Phi) is 3.00. The van der Waals surface area contributed by atoms with Crippen LogP contribution in [0.2, 0.25) is 0 Å². The largest absolute Gasteiger partial charge is 0.328 e. The van der Waals surface area contributed by atoms with Gasteiger partial charge in [0, 0.05) is 12.1 Å². The first kappa shape index (κ1) is 10.6. The molecule has 1 aromatic carbocycles. The lowest BCUT2D eigenvalue weighted by Crippen LogP contribution is -2.26. The van der Waals surface area contributed by atoms with Gasteiger partial charge in [-0.25, -0.2) is 8.78 Å². The van der Waals surface area contributed by atoms with E-state index in [2.05, 4.69) is 0 Å². The van der Waals surface area contributed by atoms with Gasteiger partial charge < -0.3 is 5.73 Å². The topological polar surface area (TPSA) is 26.0 Å². The van der Waals surface area contributed by atoms with Gasteiger partial charge in [0.25, 0.3) is 0 Å². The fourth-order valence-corrected chi connectivity index (χ4v) is 2.26. The highest BCUT2D eigenvalue weighted by Gasteiger charge is 2.22. The highest BCUT2D eigenvalue weighted by Crippen LogP contribution is 2.33. The van der Waals surface area contributed by atoms with Crippen LogP contribution in [0.4, 0.5) is 8.78 Å². The Morgan fingerprint density at radius 1 is 1.07 bits per heavy atom. The fourth-order valence-electron chi connectivity index (χ4n) is 2.26. The second kappa shape index (κ2) is 4.27. The Morgan fingerprint density at radius 2 is 1.73 bits per heavy atom. The third-order valence-corrected chi connectivity index (χ3v) is 3.17. The van der Waals surface area contributed by atoms with Crippen LogP contribution in [-0.2, 0) is 0 Å². The molecule has 0 unspecified atom stereocenters. The molecule has 0 bridgehead atoms. The number of hydrogen-bond acceptors (Lipinski definition) is 1. The molecule has 1 fully saturated rings. The van der Waals surface area contributed by atoms with Crippen molar-refractivity contribution in [3.8, 4) is 0 Å². The molecule has 0 aliphatic heterocycles. The molecular formula is C12H15F2N. The van der Waals surface area contributed by atoms with E-state index in [9.17, 15) is 8.78 Å². The van der Waals surface area contributed by atoms with E-state index in [0.717, 1.165) is 31.7 Å². The first-order valence-corrected chi connectivity index (χ1v) is 5.37. The van der Waals surface area contributed by atoms with E-state index in [-0.39, 0.29) is 12.0 Å². The first-order valence-electron chi connectivity index (χ1n) is 5.37. The summed E-state index contributed by atoms with van der Waals surface area (Å²) in [5, 5.41) is 0. The molecule has 1 nitrogen and oxygen atoms in total. The molecule has 1 aliphatic carbocycles. The van der Waals surface area contributed by atoms with Gasteiger partial charge in [-0.1, -0.05) is 6.07 Å². The standard InChI is InChI=1S/C12H15F2N/c13-9-3-6-11(12(14)7-9)8-1-4-10(15)5-2-8/h3,6-8,10H,1-2,4-5,15H2/t8-,10-. The maximum absolute atomic E-state index is 13.5. The molecule has 2 rings (SSSR count). The summed E-state index contributed by atoms with van der Waals surface area (Å²) in [6.07, 6.45) is 3.68. The minimum absolute atomic E-state index is 0.213. The van der Waals surface area contributed by atoms with Crippen LogP contribution < -0.4 is 5.73 Å². The van der Waals surface area contributed by atoms with E-state index in [1.807, 2.05) is 0 Å². The zero-order valence-corrected chi connectivity index (χ0v) is 8.55. The second-order valence-corrected chi connectivity index (χ2v) is 4.28. The van der Waals surface area contributed by atoms with Gasteiger partial charge in [0.05, 0.1) is 0 Å². The van der Waals surface area contributed by atoms with E-state index in [1.54, 1.807) is 6.07 Å². The van der Waals surface area contributed by atoms with Crippen molar-refractivity contribution in [1.82, 2.24) is 0 Å². The van der Waals surface area contributed by atoms with Gasteiger partial charge in [0.15, 0.2) is 0 Å². The third-order valence-electron chi connectivity index (χ3n) is 3.17. The van der Waals surface area contributed by atoms with Crippen LogP contribution in [0.5, 0.6) is 0 Å². The molecule has 3 heteroatoms. The summed E-state index contributed by atoms with van der Waals surface area (Å²) in [4.78, 5) is 0. The average Bonchev–Trinajstić information content (AvgIpc) is 2.20. The van der Waals surface area contributed by atoms with Gasteiger partial charge in [-0.05, 0) is 43.2 Å². The van der Waals surface area contributed by atoms with Gasteiger partial charge in [-0.15, -0.1) is 0 Å². The normalized spacial score (nSPS) is 26.6. The van der Waals surface area contributed by atoms with E-state index in [4.69, 9.17) is 5.73 Å². The third kappa shape index (κ3) is 2.34. The lowest BCUT2D eigenvalue weighted by atomic mass is 9.82.